The van der Waals surface area contributed by atoms with Crippen LogP contribution in [0.1, 0.15) is 35.8 Å². The van der Waals surface area contributed by atoms with E-state index in [1.807, 2.05) is 0 Å². The van der Waals surface area contributed by atoms with Gasteiger partial charge in [-0.1, -0.05) is 23.4 Å². The minimum atomic E-state index is -0.837. The number of hydrogen-bond donors (Lipinski definition) is 0. The third kappa shape index (κ3) is 5.74. The fourth-order valence-electron chi connectivity index (χ4n) is 2.98. The highest BCUT2D eigenvalue weighted by Crippen LogP contribution is 2.29. The van der Waals surface area contributed by atoms with E-state index in [-0.39, 0.29) is 22.1 Å². The second-order valence-electron chi connectivity index (χ2n) is 6.74. The highest BCUT2D eigenvalue weighted by molar-refractivity contribution is 6.30. The minimum absolute atomic E-state index is 0.0503. The lowest BCUT2D eigenvalue weighted by Gasteiger charge is -2.29. The molecule has 0 radical (unpaired) electrons. The minimum Gasteiger partial charge on any atom is -0.385 e. The molecule has 1 fully saturated rings. The van der Waals surface area contributed by atoms with E-state index in [1.165, 1.54) is 12.1 Å². The predicted octanol–water partition coefficient (Wildman–Crippen LogP) is 5.25. The van der Waals surface area contributed by atoms with Crippen molar-refractivity contribution in [1.29, 1.82) is 0 Å². The Morgan fingerprint density at radius 3 is 2.34 bits per heavy atom. The van der Waals surface area contributed by atoms with E-state index >= 15 is 0 Å². The predicted molar refractivity (Wildman–Crippen MR) is 103 cm³/mol. The van der Waals surface area contributed by atoms with Gasteiger partial charge in [-0.25, -0.2) is 13.2 Å². The molecular formula is C22H20ClF3O3. The van der Waals surface area contributed by atoms with Crippen molar-refractivity contribution in [3.63, 3.8) is 0 Å². The second-order valence-corrected chi connectivity index (χ2v) is 7.15. The molecule has 1 aliphatic heterocycles. The van der Waals surface area contributed by atoms with Gasteiger partial charge in [-0.2, -0.15) is 0 Å². The van der Waals surface area contributed by atoms with E-state index in [0.29, 0.717) is 19.8 Å². The molecule has 0 spiro atoms. The van der Waals surface area contributed by atoms with Gasteiger partial charge >= 0.3 is 0 Å². The normalized spacial score (nSPS) is 18.9. The summed E-state index contributed by atoms with van der Waals surface area (Å²) in [6.45, 7) is 1.56. The number of rotatable bonds is 5. The molecule has 0 aromatic heterocycles. The Bertz CT molecular complexity index is 892. The SMILES string of the molecule is COCCCC1COC(c2cc(F)c(C#Cc3ccc(Cl)c(F)c3)c(F)c2)OC1. The van der Waals surface area contributed by atoms with E-state index in [2.05, 4.69) is 11.8 Å². The Balaban J connectivity index is 1.69. The number of ether oxygens (including phenoxy) is 3. The van der Waals surface area contributed by atoms with Crippen molar-refractivity contribution < 1.29 is 27.4 Å². The zero-order valence-corrected chi connectivity index (χ0v) is 16.6. The molecule has 2 aromatic carbocycles. The van der Waals surface area contributed by atoms with Crippen molar-refractivity contribution in [2.75, 3.05) is 26.9 Å². The van der Waals surface area contributed by atoms with Crippen LogP contribution in [0.4, 0.5) is 13.2 Å². The standard InChI is InChI=1S/C22H20ClF3O3/c1-27-8-2-3-15-12-28-22(29-13-15)16-10-19(24)17(20(25)11-16)6-4-14-5-7-18(23)21(26)9-14/h5,7,9-11,15,22H,2-3,8,12-13H2,1H3. The average Bonchev–Trinajstić information content (AvgIpc) is 2.70. The van der Waals surface area contributed by atoms with Crippen LogP contribution in [-0.2, 0) is 14.2 Å². The molecule has 0 aliphatic carbocycles. The lowest BCUT2D eigenvalue weighted by Crippen LogP contribution is -2.27. The monoisotopic (exact) mass is 424 g/mol. The third-order valence-electron chi connectivity index (χ3n) is 4.52. The summed E-state index contributed by atoms with van der Waals surface area (Å²) in [6.07, 6.45) is 0.959. The molecule has 0 atom stereocenters. The van der Waals surface area contributed by atoms with Crippen LogP contribution < -0.4 is 0 Å². The van der Waals surface area contributed by atoms with Gasteiger partial charge in [-0.3, -0.25) is 0 Å². The molecule has 3 nitrogen and oxygen atoms in total. The van der Waals surface area contributed by atoms with Gasteiger partial charge < -0.3 is 14.2 Å². The first-order chi connectivity index (χ1) is 14.0. The summed E-state index contributed by atoms with van der Waals surface area (Å²) < 4.78 is 58.6. The van der Waals surface area contributed by atoms with Crippen molar-refractivity contribution in [3.8, 4) is 11.8 Å². The van der Waals surface area contributed by atoms with Crippen LogP contribution in [0.3, 0.4) is 0 Å². The molecule has 29 heavy (non-hydrogen) atoms. The maximum atomic E-state index is 14.4. The molecule has 7 heteroatoms. The zero-order valence-electron chi connectivity index (χ0n) is 15.8. The van der Waals surface area contributed by atoms with Crippen molar-refractivity contribution in [1.82, 2.24) is 0 Å². The Morgan fingerprint density at radius 1 is 1.03 bits per heavy atom. The quantitative estimate of drug-likeness (QED) is 0.485. The van der Waals surface area contributed by atoms with Crippen LogP contribution in [-0.4, -0.2) is 26.9 Å². The van der Waals surface area contributed by atoms with E-state index < -0.39 is 29.3 Å². The fourth-order valence-corrected chi connectivity index (χ4v) is 3.09. The molecule has 154 valence electrons. The molecule has 0 amide bonds. The Labute approximate surface area is 172 Å². The van der Waals surface area contributed by atoms with E-state index in [1.54, 1.807) is 7.11 Å². The lowest BCUT2D eigenvalue weighted by molar-refractivity contribution is -0.206. The van der Waals surface area contributed by atoms with Crippen molar-refractivity contribution in [3.05, 3.63) is 69.5 Å². The summed E-state index contributed by atoms with van der Waals surface area (Å²) in [6, 6.07) is 6.19. The summed E-state index contributed by atoms with van der Waals surface area (Å²) >= 11 is 5.61. The smallest absolute Gasteiger partial charge is 0.184 e. The van der Waals surface area contributed by atoms with Crippen molar-refractivity contribution in [2.45, 2.75) is 19.1 Å². The van der Waals surface area contributed by atoms with Crippen LogP contribution in [0.15, 0.2) is 30.3 Å². The van der Waals surface area contributed by atoms with Crippen LogP contribution >= 0.6 is 11.6 Å². The van der Waals surface area contributed by atoms with Gasteiger partial charge in [0.2, 0.25) is 0 Å². The summed E-state index contributed by atoms with van der Waals surface area (Å²) in [4.78, 5) is 0. The molecule has 2 aromatic rings. The third-order valence-corrected chi connectivity index (χ3v) is 4.82. The maximum Gasteiger partial charge on any atom is 0.184 e. The van der Waals surface area contributed by atoms with Gasteiger partial charge in [0, 0.05) is 30.8 Å². The number of halogens is 4. The molecule has 0 unspecified atom stereocenters. The van der Waals surface area contributed by atoms with Gasteiger partial charge in [0.25, 0.3) is 0 Å². The van der Waals surface area contributed by atoms with Crippen LogP contribution in [0.5, 0.6) is 0 Å². The zero-order chi connectivity index (χ0) is 20.8. The van der Waals surface area contributed by atoms with E-state index in [9.17, 15) is 13.2 Å². The first-order valence-corrected chi connectivity index (χ1v) is 9.54. The molecular weight excluding hydrogens is 405 g/mol. The van der Waals surface area contributed by atoms with E-state index in [0.717, 1.165) is 31.0 Å². The Hall–Kier alpha value is -2.04. The number of benzene rings is 2. The Kier molecular flexibility index (Phi) is 7.57. The molecule has 0 saturated carbocycles. The molecule has 1 heterocycles. The lowest BCUT2D eigenvalue weighted by atomic mass is 10.0. The summed E-state index contributed by atoms with van der Waals surface area (Å²) in [5, 5.41) is -0.0503. The topological polar surface area (TPSA) is 27.7 Å². The summed E-state index contributed by atoms with van der Waals surface area (Å²) in [7, 11) is 1.65. The molecule has 1 aliphatic rings. The van der Waals surface area contributed by atoms with Crippen molar-refractivity contribution in [2.24, 2.45) is 5.92 Å². The van der Waals surface area contributed by atoms with Gasteiger partial charge in [0.15, 0.2) is 6.29 Å². The fraction of sp³-hybridized carbons (Fsp3) is 0.364. The van der Waals surface area contributed by atoms with E-state index in [4.69, 9.17) is 25.8 Å². The van der Waals surface area contributed by atoms with Gasteiger partial charge in [-0.05, 0) is 43.2 Å². The summed E-state index contributed by atoms with van der Waals surface area (Å²) in [5.74, 6) is 2.84. The number of methoxy groups -OCH3 is 1. The average molecular weight is 425 g/mol. The maximum absolute atomic E-state index is 14.4. The van der Waals surface area contributed by atoms with Gasteiger partial charge in [0.05, 0.1) is 23.8 Å². The van der Waals surface area contributed by atoms with Gasteiger partial charge in [-0.15, -0.1) is 0 Å². The molecule has 3 rings (SSSR count). The first-order valence-electron chi connectivity index (χ1n) is 9.16. The molecule has 0 N–H and O–H groups in total. The Morgan fingerprint density at radius 2 is 1.72 bits per heavy atom. The molecule has 0 bridgehead atoms. The van der Waals surface area contributed by atoms with Crippen LogP contribution in [0.2, 0.25) is 5.02 Å². The highest BCUT2D eigenvalue weighted by atomic mass is 35.5. The van der Waals surface area contributed by atoms with Crippen LogP contribution in [0.25, 0.3) is 0 Å². The van der Waals surface area contributed by atoms with Crippen molar-refractivity contribution >= 4 is 11.6 Å². The van der Waals surface area contributed by atoms with Gasteiger partial charge in [0.1, 0.15) is 17.5 Å². The van der Waals surface area contributed by atoms with Crippen LogP contribution in [0, 0.1) is 35.2 Å². The largest absolute Gasteiger partial charge is 0.385 e. The molecule has 1 saturated heterocycles. The second kappa shape index (κ2) is 10.1. The highest BCUT2D eigenvalue weighted by Gasteiger charge is 2.25. The first kappa shape index (κ1) is 21.7. The summed E-state index contributed by atoms with van der Waals surface area (Å²) in [5.41, 5.74) is 0.101. The number of hydrogen-bond acceptors (Lipinski definition) is 3.